The molecular weight excluding hydrogens is 415 g/mol. The highest BCUT2D eigenvalue weighted by Crippen LogP contribution is 2.44. The van der Waals surface area contributed by atoms with E-state index in [1.54, 1.807) is 6.07 Å². The van der Waals surface area contributed by atoms with Gasteiger partial charge in [0.2, 0.25) is 5.91 Å². The van der Waals surface area contributed by atoms with Gasteiger partial charge in [0, 0.05) is 44.2 Å². The van der Waals surface area contributed by atoms with E-state index in [4.69, 9.17) is 19.4 Å². The number of anilines is 2. The number of nitrogens with zero attached hydrogens (tertiary/aromatic N) is 6. The minimum absolute atomic E-state index is 0.0669. The van der Waals surface area contributed by atoms with Crippen molar-refractivity contribution in [2.75, 3.05) is 5.32 Å². The van der Waals surface area contributed by atoms with Crippen LogP contribution < -0.4 is 16.7 Å². The summed E-state index contributed by atoms with van der Waals surface area (Å²) in [5.41, 5.74) is 2.14. The summed E-state index contributed by atoms with van der Waals surface area (Å²) in [4.78, 5) is 33.8. The summed E-state index contributed by atoms with van der Waals surface area (Å²) in [6, 6.07) is 0.477. The van der Waals surface area contributed by atoms with Gasteiger partial charge in [-0.25, -0.2) is 23.7 Å². The topological polar surface area (TPSA) is 125 Å². The van der Waals surface area contributed by atoms with Crippen LogP contribution in [0.3, 0.4) is 0 Å². The number of carbonyl (C=O) groups is 1. The number of rotatable bonds is 5. The van der Waals surface area contributed by atoms with Gasteiger partial charge in [-0.2, -0.15) is 0 Å². The van der Waals surface area contributed by atoms with Crippen molar-refractivity contribution >= 4 is 34.1 Å². The van der Waals surface area contributed by atoms with E-state index in [1.807, 2.05) is 0 Å². The second-order valence-electron chi connectivity index (χ2n) is 7.57. The number of amides is 1. The van der Waals surface area contributed by atoms with Gasteiger partial charge >= 0.3 is 5.69 Å². The number of primary amides is 1. The van der Waals surface area contributed by atoms with Crippen molar-refractivity contribution in [1.82, 2.24) is 28.7 Å². The first-order valence-corrected chi connectivity index (χ1v) is 9.43. The summed E-state index contributed by atoms with van der Waals surface area (Å²) in [6.07, 6.45) is 0.759. The maximum atomic E-state index is 13.8. The molecule has 0 radical (unpaired) electrons. The molecule has 10 nitrogen and oxygen atoms in total. The van der Waals surface area contributed by atoms with Gasteiger partial charge in [0.05, 0.1) is 30.3 Å². The molecule has 0 bridgehead atoms. The molecule has 0 spiro atoms. The Hall–Kier alpha value is -3.76. The van der Waals surface area contributed by atoms with Crippen LogP contribution in [-0.4, -0.2) is 40.8 Å². The van der Waals surface area contributed by atoms with Crippen LogP contribution in [0.25, 0.3) is 16.6 Å². The Kier molecular flexibility index (Phi) is 2.52. The predicted molar refractivity (Wildman–Crippen MR) is 117 cm³/mol. The average molecular weight is 449 g/mol. The Morgan fingerprint density at radius 1 is 1.31 bits per heavy atom. The van der Waals surface area contributed by atoms with Crippen molar-refractivity contribution in [3.8, 4) is 0 Å². The number of alkyl halides is 1. The number of aryl methyl sites for hydroxylation is 1. The second-order valence-corrected chi connectivity index (χ2v) is 7.57. The highest BCUT2D eigenvalue weighted by atomic mass is 19.1. The van der Waals surface area contributed by atoms with Crippen LogP contribution >= 0.6 is 0 Å². The smallest absolute Gasteiger partial charge is 0.329 e. The van der Waals surface area contributed by atoms with Crippen LogP contribution in [0.1, 0.15) is 52.1 Å². The maximum absolute atomic E-state index is 13.8. The Morgan fingerprint density at radius 3 is 2.81 bits per heavy atom. The van der Waals surface area contributed by atoms with Crippen molar-refractivity contribution in [3.63, 3.8) is 0 Å². The van der Waals surface area contributed by atoms with E-state index in [1.165, 1.54) is 16.8 Å². The normalized spacial score (nSPS) is 26.8. The Bertz CT molecular complexity index is 1770. The maximum Gasteiger partial charge on any atom is 0.329 e. The van der Waals surface area contributed by atoms with Crippen molar-refractivity contribution in [2.45, 2.75) is 44.1 Å². The molecule has 4 heterocycles. The van der Waals surface area contributed by atoms with Gasteiger partial charge in [0.25, 0.3) is 0 Å². The van der Waals surface area contributed by atoms with Crippen molar-refractivity contribution in [2.24, 2.45) is 12.7 Å². The molecule has 166 valence electrons. The first-order chi connectivity index (χ1) is 19.2. The molecule has 3 N–H and O–H groups in total. The zero-order chi connectivity index (χ0) is 31.2. The fourth-order valence-corrected chi connectivity index (χ4v) is 3.98. The molecule has 0 atom stereocenters. The Labute approximate surface area is 195 Å². The molecule has 4 aromatic rings. The Balaban J connectivity index is 1.67. The molecule has 0 aliphatic heterocycles. The first-order valence-electron chi connectivity index (χ1n) is 14.4. The molecule has 0 aromatic carbocycles. The molecule has 1 fully saturated rings. The monoisotopic (exact) mass is 448 g/mol. The number of imidazole rings is 2. The highest BCUT2D eigenvalue weighted by molar-refractivity contribution is 5.87. The lowest BCUT2D eigenvalue weighted by Crippen LogP contribution is -2.53. The molecule has 1 aliphatic carbocycles. The van der Waals surface area contributed by atoms with Gasteiger partial charge in [0.1, 0.15) is 23.2 Å². The van der Waals surface area contributed by atoms with Crippen LogP contribution in [0.15, 0.2) is 35.4 Å². The lowest BCUT2D eigenvalue weighted by molar-refractivity contribution is -0.129. The molecule has 1 saturated carbocycles. The number of halogens is 1. The zero-order valence-corrected chi connectivity index (χ0v) is 16.3. The summed E-state index contributed by atoms with van der Waals surface area (Å²) >= 11 is 0. The zero-order valence-electron chi connectivity index (χ0n) is 26.3. The molecule has 0 unspecified atom stereocenters. The standard InChI is InChI=1S/C21H23FN8O2/c1-11(2)29-14-6-17(24-10-15(14)28(3)20(29)32)26-16-5-4-13-9-25-19(30(13)27-16)21(18(23)31)7-12(22)8-21/h4-6,9-12H,7-8H2,1-3H3,(H2,23,31)(H,24,26,27)/i1D3,2D3,3D3,11D. The lowest BCUT2D eigenvalue weighted by atomic mass is 9.66. The Morgan fingerprint density at radius 2 is 2.12 bits per heavy atom. The quantitative estimate of drug-likeness (QED) is 0.481. The van der Waals surface area contributed by atoms with E-state index in [0.717, 1.165) is 12.3 Å². The molecule has 1 aliphatic rings. The number of aromatic nitrogens is 6. The summed E-state index contributed by atoms with van der Waals surface area (Å²) in [7, 11) is 0. The summed E-state index contributed by atoms with van der Waals surface area (Å²) in [5.74, 6) is -0.723. The van der Waals surface area contributed by atoms with E-state index in [9.17, 15) is 14.0 Å². The number of pyridine rings is 1. The number of nitrogens with two attached hydrogens (primary N) is 1. The minimum atomic E-state index is -3.60. The minimum Gasteiger partial charge on any atom is -0.369 e. The van der Waals surface area contributed by atoms with E-state index in [-0.39, 0.29) is 39.4 Å². The fraction of sp³-hybridized carbons (Fsp3) is 0.381. The number of carbonyl (C=O) groups excluding carboxylic acids is 1. The van der Waals surface area contributed by atoms with Crippen LogP contribution in [0.5, 0.6) is 0 Å². The molecule has 1 amide bonds. The summed E-state index contributed by atoms with van der Waals surface area (Å²) < 4.78 is 94.1. The third-order valence-electron chi connectivity index (χ3n) is 5.63. The first kappa shape index (κ1) is 11.7. The lowest BCUT2D eigenvalue weighted by Gasteiger charge is -2.39. The second kappa shape index (κ2) is 6.87. The van der Waals surface area contributed by atoms with E-state index in [2.05, 4.69) is 20.4 Å². The van der Waals surface area contributed by atoms with Gasteiger partial charge in [-0.3, -0.25) is 13.9 Å². The number of hydrogen-bond donors (Lipinski definition) is 2. The van der Waals surface area contributed by atoms with Gasteiger partial charge in [-0.05, 0) is 25.8 Å². The molecule has 11 heteroatoms. The van der Waals surface area contributed by atoms with E-state index < -0.39 is 60.9 Å². The molecule has 32 heavy (non-hydrogen) atoms. The molecule has 5 rings (SSSR count). The fourth-order valence-electron chi connectivity index (χ4n) is 3.98. The number of fused-ring (bicyclic) bond motifs is 2. The predicted octanol–water partition coefficient (Wildman–Crippen LogP) is 1.96. The van der Waals surface area contributed by atoms with Gasteiger partial charge in [-0.15, -0.1) is 5.10 Å². The third kappa shape index (κ3) is 2.80. The van der Waals surface area contributed by atoms with Crippen LogP contribution in [-0.2, 0) is 17.2 Å². The van der Waals surface area contributed by atoms with Crippen molar-refractivity contribution in [1.29, 1.82) is 0 Å². The van der Waals surface area contributed by atoms with Crippen molar-refractivity contribution < 1.29 is 22.9 Å². The van der Waals surface area contributed by atoms with Crippen molar-refractivity contribution in [3.05, 3.63) is 46.9 Å². The van der Waals surface area contributed by atoms with Crippen LogP contribution in [0, 0.1) is 0 Å². The number of hydrogen-bond acceptors (Lipinski definition) is 6. The van der Waals surface area contributed by atoms with E-state index in [0.29, 0.717) is 5.52 Å². The van der Waals surface area contributed by atoms with Crippen LogP contribution in [0.4, 0.5) is 16.0 Å². The number of nitrogens with one attached hydrogen (secondary N) is 1. The third-order valence-corrected chi connectivity index (χ3v) is 5.63. The largest absolute Gasteiger partial charge is 0.369 e. The van der Waals surface area contributed by atoms with Gasteiger partial charge in [-0.1, -0.05) is 0 Å². The molecule has 0 saturated heterocycles. The summed E-state index contributed by atoms with van der Waals surface area (Å²) in [5, 5.41) is 7.16. The highest BCUT2D eigenvalue weighted by Gasteiger charge is 2.54. The SMILES string of the molecule is [2H]C([2H])([2H])n1c(=O)n(C([2H])(C([2H])([2H])[2H])C([2H])([2H])[2H])c2cc(Nc3ccc4cnc(C5(C(N)=O)CC(F)C5)n4n3)ncc21. The molecular formula is C21H23FN8O2. The summed E-state index contributed by atoms with van der Waals surface area (Å²) in [6.45, 7) is -10.4. The molecule has 4 aromatic heterocycles. The van der Waals surface area contributed by atoms with Gasteiger partial charge in [0.15, 0.2) is 5.82 Å². The van der Waals surface area contributed by atoms with Gasteiger partial charge < -0.3 is 11.1 Å². The van der Waals surface area contributed by atoms with Crippen LogP contribution in [0.2, 0.25) is 0 Å². The van der Waals surface area contributed by atoms with E-state index >= 15 is 0 Å². The average Bonchev–Trinajstić information content (AvgIpc) is 3.37.